The predicted molar refractivity (Wildman–Crippen MR) is 246 cm³/mol. The third kappa shape index (κ3) is 27.7. The molecule has 0 aromatic heterocycles. The van der Waals surface area contributed by atoms with Crippen LogP contribution in [0.25, 0.3) is 0 Å². The molecule has 0 aliphatic heterocycles. The summed E-state index contributed by atoms with van der Waals surface area (Å²) in [6.45, 7) is 0.691. The normalized spacial score (nSPS) is 12.2. The molecule has 0 aromatic carbocycles. The summed E-state index contributed by atoms with van der Waals surface area (Å²) < 4.78 is 0. The van der Waals surface area contributed by atoms with Crippen LogP contribution in [0.15, 0.2) is 20.0 Å². The smallest absolute Gasteiger partial charge is 0.242 e. The highest BCUT2D eigenvalue weighted by molar-refractivity contribution is 5.92. The molecule has 22 N–H and O–H groups in total. The van der Waals surface area contributed by atoms with Crippen molar-refractivity contribution in [3.8, 4) is 0 Å². The Balaban J connectivity index is 3.30. The molecule has 0 aromatic rings. The van der Waals surface area contributed by atoms with E-state index in [2.05, 4.69) is 30.6 Å². The number of unbranched alkanes of at least 4 members (excludes halogenated alkanes) is 3. The number of rotatable bonds is 36. The fourth-order valence-electron chi connectivity index (χ4n) is 6.20. The number of nitrogens with zero attached hydrogens (tertiary/aromatic N) is 8. The first-order valence-corrected chi connectivity index (χ1v) is 21.7. The molecule has 0 bridgehead atoms. The number of carbonyl (C=O) groups is 6. The number of amides is 6. The number of aliphatic imine (C=N–C) groups is 4. The Morgan fingerprint density at radius 1 is 0.516 bits per heavy atom. The molecule has 0 saturated heterocycles. The molecule has 1 aliphatic carbocycles. The van der Waals surface area contributed by atoms with Crippen LogP contribution in [0.4, 0.5) is 0 Å². The monoisotopic (exact) mass is 909 g/mol. The second-order valence-electron chi connectivity index (χ2n) is 15.5. The van der Waals surface area contributed by atoms with Gasteiger partial charge in [0.15, 0.2) is 23.8 Å². The Morgan fingerprint density at radius 2 is 0.938 bits per heavy atom. The van der Waals surface area contributed by atoms with Gasteiger partial charge in [0, 0.05) is 52.4 Å². The third-order valence-electron chi connectivity index (χ3n) is 9.75. The second kappa shape index (κ2) is 32.5. The van der Waals surface area contributed by atoms with Crippen LogP contribution in [0.3, 0.4) is 0 Å². The zero-order chi connectivity index (χ0) is 47.9. The topological polar surface area (TPSA) is 449 Å². The highest BCUT2D eigenvalue weighted by Gasteiger charge is 2.32. The third-order valence-corrected chi connectivity index (χ3v) is 9.75. The van der Waals surface area contributed by atoms with E-state index in [4.69, 9.17) is 57.3 Å². The number of hydrogen-bond donors (Lipinski definition) is 12. The number of primary amides is 1. The van der Waals surface area contributed by atoms with Gasteiger partial charge in [0.25, 0.3) is 0 Å². The molecule has 1 atom stereocenters. The van der Waals surface area contributed by atoms with Crippen LogP contribution in [0, 0.1) is 5.92 Å². The van der Waals surface area contributed by atoms with Crippen LogP contribution in [0.2, 0.25) is 0 Å². The van der Waals surface area contributed by atoms with Crippen LogP contribution in [-0.2, 0) is 28.8 Å². The highest BCUT2D eigenvalue weighted by atomic mass is 16.2. The van der Waals surface area contributed by atoms with Gasteiger partial charge in [-0.25, -0.2) is 0 Å². The quantitative estimate of drug-likeness (QED) is 0.0158. The van der Waals surface area contributed by atoms with E-state index in [1.54, 1.807) is 0 Å². The predicted octanol–water partition coefficient (Wildman–Crippen LogP) is -6.17. The molecule has 1 aliphatic rings. The molecule has 0 unspecified atom stereocenters. The van der Waals surface area contributed by atoms with Gasteiger partial charge in [0.05, 0.1) is 32.7 Å². The fourth-order valence-corrected chi connectivity index (χ4v) is 6.20. The van der Waals surface area contributed by atoms with Gasteiger partial charge in [-0.1, -0.05) is 12.8 Å². The van der Waals surface area contributed by atoms with Gasteiger partial charge in [-0.3, -0.25) is 48.7 Å². The van der Waals surface area contributed by atoms with Crippen molar-refractivity contribution in [3.63, 3.8) is 0 Å². The van der Waals surface area contributed by atoms with Crippen molar-refractivity contribution in [1.29, 1.82) is 0 Å². The molecule has 64 heavy (non-hydrogen) atoms. The van der Waals surface area contributed by atoms with Crippen molar-refractivity contribution in [2.75, 3.05) is 98.2 Å². The zero-order valence-corrected chi connectivity index (χ0v) is 37.3. The molecule has 0 heterocycles. The lowest BCUT2D eigenvalue weighted by Gasteiger charge is -2.31. The summed E-state index contributed by atoms with van der Waals surface area (Å²) in [6, 6.07) is -1.07. The largest absolute Gasteiger partial charge is 0.370 e. The van der Waals surface area contributed by atoms with Crippen molar-refractivity contribution in [2.45, 2.75) is 76.7 Å². The van der Waals surface area contributed by atoms with E-state index in [1.807, 2.05) is 0 Å². The number of carbonyl (C=O) groups excluding carboxylic acids is 6. The second-order valence-corrected chi connectivity index (χ2v) is 15.5. The van der Waals surface area contributed by atoms with Crippen molar-refractivity contribution in [2.24, 2.45) is 83.2 Å². The van der Waals surface area contributed by atoms with Crippen LogP contribution >= 0.6 is 0 Å². The average molecular weight is 909 g/mol. The van der Waals surface area contributed by atoms with Crippen molar-refractivity contribution < 1.29 is 28.8 Å². The Morgan fingerprint density at radius 3 is 1.39 bits per heavy atom. The molecule has 1 fully saturated rings. The van der Waals surface area contributed by atoms with E-state index in [0.717, 1.165) is 38.5 Å². The van der Waals surface area contributed by atoms with Crippen molar-refractivity contribution in [1.82, 2.24) is 30.2 Å². The minimum atomic E-state index is -1.07. The lowest BCUT2D eigenvalue weighted by atomic mass is 10.1. The molecule has 26 nitrogen and oxygen atoms in total. The summed E-state index contributed by atoms with van der Waals surface area (Å²) in [5.74, 6) is -3.82. The number of nitrogens with one attached hydrogen (secondary N) is 2. The van der Waals surface area contributed by atoms with Crippen LogP contribution < -0.4 is 68.0 Å². The van der Waals surface area contributed by atoms with E-state index in [-0.39, 0.29) is 120 Å². The Hall–Kier alpha value is -6.18. The van der Waals surface area contributed by atoms with E-state index >= 15 is 0 Å². The minimum Gasteiger partial charge on any atom is -0.370 e. The summed E-state index contributed by atoms with van der Waals surface area (Å²) in [5, 5.41) is 5.71. The first-order chi connectivity index (χ1) is 30.4. The Bertz CT molecular complexity index is 1570. The van der Waals surface area contributed by atoms with Gasteiger partial charge in [0.2, 0.25) is 35.4 Å². The lowest BCUT2D eigenvalue weighted by Crippen LogP contribution is -2.52. The van der Waals surface area contributed by atoms with Crippen LogP contribution in [0.1, 0.15) is 70.6 Å². The summed E-state index contributed by atoms with van der Waals surface area (Å²) in [6.07, 6.45) is 6.76. The molecular formula is C38H76N20O6. The summed E-state index contributed by atoms with van der Waals surface area (Å²) in [5.41, 5.74) is 54.8. The van der Waals surface area contributed by atoms with Crippen molar-refractivity contribution in [3.05, 3.63) is 0 Å². The average Bonchev–Trinajstić information content (AvgIpc) is 4.05. The molecule has 0 spiro atoms. The van der Waals surface area contributed by atoms with Gasteiger partial charge >= 0.3 is 0 Å². The number of hydrogen-bond acceptors (Lipinski definition) is 12. The maximum atomic E-state index is 14.2. The fraction of sp³-hybridized carbons (Fsp3) is 0.737. The number of nitrogens with two attached hydrogens (primary N) is 10. The van der Waals surface area contributed by atoms with Gasteiger partial charge < -0.3 is 87.6 Å². The van der Waals surface area contributed by atoms with E-state index in [9.17, 15) is 28.8 Å². The maximum Gasteiger partial charge on any atom is 0.242 e. The molecule has 26 heteroatoms. The summed E-state index contributed by atoms with van der Waals surface area (Å²) in [7, 11) is 0. The SMILES string of the molecule is NCCCCCCNCC(=O)N(CCCN=C(N)N)CC(=O)N(CCCN=C(N)N)CC(=O)N(CC(=O)N(CCCN=C(N)N)CC(=O)N[C@H](CCCN=C(N)N)C(N)=O)CC1CC1. The van der Waals surface area contributed by atoms with Crippen molar-refractivity contribution >= 4 is 59.3 Å². The lowest BCUT2D eigenvalue weighted by molar-refractivity contribution is -0.146. The Kier molecular flexibility index (Phi) is 28.3. The number of guanidine groups is 4. The highest BCUT2D eigenvalue weighted by Crippen LogP contribution is 2.29. The zero-order valence-electron chi connectivity index (χ0n) is 37.3. The summed E-state index contributed by atoms with van der Waals surface area (Å²) in [4.78, 5) is 102. The molecule has 6 amide bonds. The van der Waals surface area contributed by atoms with E-state index < -0.39 is 55.2 Å². The maximum absolute atomic E-state index is 14.2. The van der Waals surface area contributed by atoms with Gasteiger partial charge in [-0.05, 0) is 76.8 Å². The first-order valence-electron chi connectivity index (χ1n) is 21.7. The van der Waals surface area contributed by atoms with Crippen LogP contribution in [-0.4, -0.2) is 183 Å². The van der Waals surface area contributed by atoms with E-state index in [0.29, 0.717) is 25.9 Å². The van der Waals surface area contributed by atoms with Crippen LogP contribution in [0.5, 0.6) is 0 Å². The van der Waals surface area contributed by atoms with Gasteiger partial charge in [-0.2, -0.15) is 0 Å². The molecule has 0 radical (unpaired) electrons. The molecular weight excluding hydrogens is 833 g/mol. The van der Waals surface area contributed by atoms with E-state index in [1.165, 1.54) is 19.6 Å². The molecule has 1 rings (SSSR count). The first kappa shape index (κ1) is 55.8. The minimum absolute atomic E-state index is 0.0176. The van der Waals surface area contributed by atoms with Gasteiger partial charge in [0.1, 0.15) is 6.04 Å². The molecule has 364 valence electrons. The Labute approximate surface area is 375 Å². The van der Waals surface area contributed by atoms with Gasteiger partial charge in [-0.15, -0.1) is 0 Å². The summed E-state index contributed by atoms with van der Waals surface area (Å²) >= 11 is 0. The standard InChI is InChI=1S/C38H76N20O6/c39-12-3-1-2-4-13-49-21-30(60)56(19-7-16-52-37(45)46)24-31(61)57(20-8-17-53-38(47)48)25-33(63)58(22-27-10-11-27)26-32(62)55(18-6-15-51-36(43)44)23-29(59)54-28(34(40)64)9-5-14-50-35(41)42/h27-28,49H,1-26,39H2,(H2,40,64)(H,54,59)(H4,41,42,50)(H4,43,44,51)(H4,45,46,52)(H4,47,48,53)/t28-/m1/s1. The molecule has 1 saturated carbocycles.